The number of amides is 2. The molecule has 1 fully saturated rings. The summed E-state index contributed by atoms with van der Waals surface area (Å²) in [4.78, 5) is 25.9. The first kappa shape index (κ1) is 18.8. The fraction of sp³-hybridized carbons (Fsp3) is 0.474. The van der Waals surface area contributed by atoms with Crippen LogP contribution in [0.4, 0.5) is 0 Å². The summed E-state index contributed by atoms with van der Waals surface area (Å²) >= 11 is 0. The van der Waals surface area contributed by atoms with Crippen molar-refractivity contribution in [2.75, 3.05) is 33.9 Å². The van der Waals surface area contributed by atoms with Gasteiger partial charge in [-0.25, -0.2) is 0 Å². The number of methoxy groups -OCH3 is 1. The lowest BCUT2D eigenvalue weighted by molar-refractivity contribution is -0.131. The highest BCUT2D eigenvalue weighted by atomic mass is 16.5. The molecule has 0 spiro atoms. The summed E-state index contributed by atoms with van der Waals surface area (Å²) in [6.07, 6.45) is 4.96. The fourth-order valence-electron chi connectivity index (χ4n) is 2.93. The second-order valence-electron chi connectivity index (χ2n) is 5.91. The number of likely N-dealkylation sites (tertiary alicyclic amines) is 1. The zero-order valence-corrected chi connectivity index (χ0v) is 15.1. The van der Waals surface area contributed by atoms with Crippen LogP contribution in [0.25, 0.3) is 6.08 Å². The van der Waals surface area contributed by atoms with Gasteiger partial charge in [0.2, 0.25) is 11.8 Å². The van der Waals surface area contributed by atoms with E-state index in [0.717, 1.165) is 18.4 Å². The van der Waals surface area contributed by atoms with E-state index in [-0.39, 0.29) is 17.7 Å². The first-order chi connectivity index (χ1) is 12.1. The second-order valence-corrected chi connectivity index (χ2v) is 5.91. The van der Waals surface area contributed by atoms with E-state index in [1.807, 2.05) is 25.1 Å². The van der Waals surface area contributed by atoms with Crippen LogP contribution in [-0.2, 0) is 9.59 Å². The summed E-state index contributed by atoms with van der Waals surface area (Å²) < 4.78 is 10.8. The maximum atomic E-state index is 12.4. The number of carbonyl (C=O) groups excluding carboxylic acids is 2. The molecular weight excluding hydrogens is 320 g/mol. The van der Waals surface area contributed by atoms with Gasteiger partial charge in [-0.2, -0.15) is 0 Å². The zero-order valence-electron chi connectivity index (χ0n) is 15.1. The van der Waals surface area contributed by atoms with Gasteiger partial charge in [-0.05, 0) is 43.5 Å². The molecule has 136 valence electrons. The molecule has 0 bridgehead atoms. The minimum atomic E-state index is -0.123. The van der Waals surface area contributed by atoms with Crippen molar-refractivity contribution < 1.29 is 19.1 Å². The monoisotopic (exact) mass is 346 g/mol. The molecule has 1 atom stereocenters. The van der Waals surface area contributed by atoms with E-state index in [1.165, 1.54) is 0 Å². The molecular formula is C19H26N2O4. The Morgan fingerprint density at radius 1 is 1.36 bits per heavy atom. The Hall–Kier alpha value is -2.50. The van der Waals surface area contributed by atoms with Crippen LogP contribution in [-0.4, -0.2) is 50.6 Å². The molecule has 0 radical (unpaired) electrons. The molecule has 0 aliphatic carbocycles. The maximum absolute atomic E-state index is 12.4. The van der Waals surface area contributed by atoms with Gasteiger partial charge in [-0.15, -0.1) is 0 Å². The van der Waals surface area contributed by atoms with Crippen LogP contribution >= 0.6 is 0 Å². The van der Waals surface area contributed by atoms with Gasteiger partial charge in [0.25, 0.3) is 0 Å². The van der Waals surface area contributed by atoms with E-state index >= 15 is 0 Å². The van der Waals surface area contributed by atoms with Gasteiger partial charge >= 0.3 is 0 Å². The third kappa shape index (κ3) is 4.98. The predicted molar refractivity (Wildman–Crippen MR) is 96.6 cm³/mol. The van der Waals surface area contributed by atoms with Crippen molar-refractivity contribution in [3.05, 3.63) is 29.8 Å². The molecule has 0 saturated carbocycles. The number of ether oxygens (including phenoxy) is 2. The summed E-state index contributed by atoms with van der Waals surface area (Å²) in [7, 11) is 3.21. The first-order valence-corrected chi connectivity index (χ1v) is 8.58. The van der Waals surface area contributed by atoms with Crippen molar-refractivity contribution in [1.82, 2.24) is 10.2 Å². The van der Waals surface area contributed by atoms with Crippen LogP contribution in [0, 0.1) is 5.92 Å². The van der Waals surface area contributed by atoms with Crippen LogP contribution in [0.1, 0.15) is 25.3 Å². The van der Waals surface area contributed by atoms with Crippen LogP contribution in [0.2, 0.25) is 0 Å². The molecule has 25 heavy (non-hydrogen) atoms. The quantitative estimate of drug-likeness (QED) is 0.801. The summed E-state index contributed by atoms with van der Waals surface area (Å²) in [6.45, 7) is 3.63. The van der Waals surface area contributed by atoms with Gasteiger partial charge in [-0.3, -0.25) is 9.59 Å². The lowest BCUT2D eigenvalue weighted by Gasteiger charge is -2.31. The number of nitrogens with zero attached hydrogens (tertiary/aromatic N) is 1. The third-order valence-electron chi connectivity index (χ3n) is 4.26. The summed E-state index contributed by atoms with van der Waals surface area (Å²) in [6, 6.07) is 5.54. The van der Waals surface area contributed by atoms with Gasteiger partial charge in [0.15, 0.2) is 11.5 Å². The summed E-state index contributed by atoms with van der Waals surface area (Å²) in [5.41, 5.74) is 0.855. The minimum Gasteiger partial charge on any atom is -0.493 e. The Kier molecular flexibility index (Phi) is 6.86. The van der Waals surface area contributed by atoms with E-state index in [1.54, 1.807) is 31.2 Å². The predicted octanol–water partition coefficient (Wildman–Crippen LogP) is 2.09. The summed E-state index contributed by atoms with van der Waals surface area (Å²) in [5, 5.41) is 2.66. The van der Waals surface area contributed by atoms with Crippen molar-refractivity contribution in [3.63, 3.8) is 0 Å². The largest absolute Gasteiger partial charge is 0.493 e. The van der Waals surface area contributed by atoms with E-state index < -0.39 is 0 Å². The molecule has 1 aromatic rings. The maximum Gasteiger partial charge on any atom is 0.246 e. The molecule has 1 heterocycles. The molecule has 2 rings (SSSR count). The van der Waals surface area contributed by atoms with Gasteiger partial charge in [0, 0.05) is 26.2 Å². The molecule has 1 saturated heterocycles. The number of piperidine rings is 1. The topological polar surface area (TPSA) is 67.9 Å². The van der Waals surface area contributed by atoms with Gasteiger partial charge in [0.05, 0.1) is 19.6 Å². The molecule has 1 aromatic carbocycles. The SMILES string of the molecule is CCOc1ccc(/C=C/C(=O)N2CCC[C@H](C(=O)NC)C2)cc1OC. The van der Waals surface area contributed by atoms with Gasteiger partial charge < -0.3 is 19.7 Å². The molecule has 0 unspecified atom stereocenters. The Morgan fingerprint density at radius 2 is 2.16 bits per heavy atom. The average molecular weight is 346 g/mol. The van der Waals surface area contributed by atoms with E-state index in [2.05, 4.69) is 5.32 Å². The molecule has 1 N–H and O–H groups in total. The van der Waals surface area contributed by atoms with Crippen LogP contribution in [0.3, 0.4) is 0 Å². The Labute approximate surface area is 148 Å². The van der Waals surface area contributed by atoms with Gasteiger partial charge in [0.1, 0.15) is 0 Å². The lowest BCUT2D eigenvalue weighted by Crippen LogP contribution is -2.44. The Bertz CT molecular complexity index is 642. The van der Waals surface area contributed by atoms with Crippen LogP contribution in [0.15, 0.2) is 24.3 Å². The number of hydrogen-bond acceptors (Lipinski definition) is 4. The number of carbonyl (C=O) groups is 2. The van der Waals surface area contributed by atoms with Crippen molar-refractivity contribution in [2.45, 2.75) is 19.8 Å². The van der Waals surface area contributed by atoms with Crippen LogP contribution in [0.5, 0.6) is 11.5 Å². The van der Waals surface area contributed by atoms with E-state index in [9.17, 15) is 9.59 Å². The van der Waals surface area contributed by atoms with Crippen molar-refractivity contribution in [3.8, 4) is 11.5 Å². The van der Waals surface area contributed by atoms with E-state index in [0.29, 0.717) is 31.2 Å². The number of rotatable bonds is 6. The highest BCUT2D eigenvalue weighted by Crippen LogP contribution is 2.28. The Morgan fingerprint density at radius 3 is 2.84 bits per heavy atom. The molecule has 6 nitrogen and oxygen atoms in total. The normalized spacial score (nSPS) is 17.4. The molecule has 1 aliphatic rings. The Balaban J connectivity index is 2.03. The van der Waals surface area contributed by atoms with Crippen LogP contribution < -0.4 is 14.8 Å². The second kappa shape index (κ2) is 9.11. The first-order valence-electron chi connectivity index (χ1n) is 8.58. The highest BCUT2D eigenvalue weighted by Gasteiger charge is 2.26. The number of nitrogens with one attached hydrogen (secondary N) is 1. The molecule has 0 aromatic heterocycles. The standard InChI is InChI=1S/C19H26N2O4/c1-4-25-16-9-7-14(12-17(16)24-3)8-10-18(22)21-11-5-6-15(13-21)19(23)20-2/h7-10,12,15H,4-6,11,13H2,1-3H3,(H,20,23)/b10-8+/t15-/m0/s1. The third-order valence-corrected chi connectivity index (χ3v) is 4.26. The fourth-order valence-corrected chi connectivity index (χ4v) is 2.93. The zero-order chi connectivity index (χ0) is 18.2. The average Bonchev–Trinajstić information content (AvgIpc) is 2.66. The van der Waals surface area contributed by atoms with Crippen molar-refractivity contribution >= 4 is 17.9 Å². The molecule has 2 amide bonds. The summed E-state index contributed by atoms with van der Waals surface area (Å²) in [5.74, 6) is 1.10. The number of hydrogen-bond donors (Lipinski definition) is 1. The number of benzene rings is 1. The highest BCUT2D eigenvalue weighted by molar-refractivity contribution is 5.92. The molecule has 1 aliphatic heterocycles. The lowest BCUT2D eigenvalue weighted by atomic mass is 9.97. The minimum absolute atomic E-state index is 0.00210. The van der Waals surface area contributed by atoms with Gasteiger partial charge in [-0.1, -0.05) is 6.07 Å². The smallest absolute Gasteiger partial charge is 0.246 e. The van der Waals surface area contributed by atoms with Crippen molar-refractivity contribution in [1.29, 1.82) is 0 Å². The molecule has 6 heteroatoms. The van der Waals surface area contributed by atoms with E-state index in [4.69, 9.17) is 9.47 Å². The van der Waals surface area contributed by atoms with Crippen molar-refractivity contribution in [2.24, 2.45) is 5.92 Å².